The van der Waals surface area contributed by atoms with Crippen molar-refractivity contribution in [2.45, 2.75) is 19.9 Å². The minimum atomic E-state index is -2.57. The largest absolute Gasteiger partial charge is 0.350 e. The molecule has 0 bridgehead atoms. The molecule has 1 aromatic carbocycles. The van der Waals surface area contributed by atoms with Gasteiger partial charge in [0, 0.05) is 29.1 Å². The highest BCUT2D eigenvalue weighted by atomic mass is 32.2. The molecule has 0 fully saturated rings. The van der Waals surface area contributed by atoms with Gasteiger partial charge in [-0.15, -0.1) is 0 Å². The summed E-state index contributed by atoms with van der Waals surface area (Å²) in [5, 5.41) is 6.48. The molecule has 0 saturated carbocycles. The number of allylic oxidation sites excluding steroid dienone is 2. The average molecular weight is 434 g/mol. The molecule has 0 saturated heterocycles. The van der Waals surface area contributed by atoms with Crippen molar-refractivity contribution >= 4 is 26.6 Å². The number of aromatic nitrogens is 3. The van der Waals surface area contributed by atoms with Crippen molar-refractivity contribution in [2.24, 2.45) is 0 Å². The summed E-state index contributed by atoms with van der Waals surface area (Å²) >= 11 is 0. The highest BCUT2D eigenvalue weighted by molar-refractivity contribution is 7.74. The number of aryl methyl sites for hydroxylation is 1. The first-order valence-electron chi connectivity index (χ1n) is 9.42. The zero-order chi connectivity index (χ0) is 22.0. The summed E-state index contributed by atoms with van der Waals surface area (Å²) in [6.45, 7) is 3.45. The monoisotopic (exact) mass is 434 g/mol. The number of carbonyl (C=O) groups excluding carboxylic acids is 1. The molecular formula is C22H18N4O4S. The third-order valence-electron chi connectivity index (χ3n) is 4.96. The molecule has 0 radical (unpaired) electrons. The lowest BCUT2D eigenvalue weighted by Gasteiger charge is -2.20. The lowest BCUT2D eigenvalue weighted by atomic mass is 9.93. The van der Waals surface area contributed by atoms with E-state index in [4.69, 9.17) is 4.52 Å². The van der Waals surface area contributed by atoms with E-state index in [1.807, 2.05) is 12.1 Å². The van der Waals surface area contributed by atoms with E-state index in [1.165, 1.54) is 0 Å². The Morgan fingerprint density at radius 3 is 2.35 bits per heavy atom. The van der Waals surface area contributed by atoms with Gasteiger partial charge in [0.05, 0.1) is 11.7 Å². The topological polar surface area (TPSA) is 115 Å². The SMILES string of the molecule is Cc1noc(C(=O)NC2C=CC=C(c3ccc(-c4ncccn4)cc3)C2=S(=O)=O)c1C. The van der Waals surface area contributed by atoms with Gasteiger partial charge in [0.15, 0.2) is 5.82 Å². The molecule has 1 N–H and O–H groups in total. The van der Waals surface area contributed by atoms with Crippen molar-refractivity contribution < 1.29 is 17.7 Å². The van der Waals surface area contributed by atoms with Crippen LogP contribution in [0.2, 0.25) is 0 Å². The molecule has 0 aliphatic heterocycles. The summed E-state index contributed by atoms with van der Waals surface area (Å²) in [4.78, 5) is 21.1. The van der Waals surface area contributed by atoms with E-state index in [1.54, 1.807) is 62.7 Å². The molecule has 1 aliphatic rings. The fraction of sp³-hybridized carbons (Fsp3) is 0.136. The molecular weight excluding hydrogens is 416 g/mol. The molecule has 4 rings (SSSR count). The fourth-order valence-corrected chi connectivity index (χ4v) is 3.94. The van der Waals surface area contributed by atoms with Crippen LogP contribution in [0.25, 0.3) is 17.0 Å². The standard InChI is InChI=1S/C22H18N4O4S/c1-13-14(2)26-30-19(13)22(27)25-18-6-3-5-17(20(18)31(28)29)15-7-9-16(10-8-15)21-23-11-4-12-24-21/h3-12,18H,1-2H3,(H,25,27). The van der Waals surface area contributed by atoms with Crippen LogP contribution in [0, 0.1) is 13.8 Å². The van der Waals surface area contributed by atoms with Gasteiger partial charge in [0.1, 0.15) is 4.86 Å². The van der Waals surface area contributed by atoms with Crippen molar-refractivity contribution in [3.8, 4) is 11.4 Å². The lowest BCUT2D eigenvalue weighted by molar-refractivity contribution is 0.0914. The molecule has 1 atom stereocenters. The minimum absolute atomic E-state index is 0.0604. The van der Waals surface area contributed by atoms with Crippen LogP contribution >= 0.6 is 0 Å². The lowest BCUT2D eigenvalue weighted by Crippen LogP contribution is -2.41. The van der Waals surface area contributed by atoms with Gasteiger partial charge < -0.3 is 9.84 Å². The van der Waals surface area contributed by atoms with Crippen LogP contribution < -0.4 is 5.32 Å². The fourth-order valence-electron chi connectivity index (χ4n) is 3.23. The maximum atomic E-state index is 12.6. The highest BCUT2D eigenvalue weighted by Crippen LogP contribution is 2.24. The molecule has 1 unspecified atom stereocenters. The molecule has 3 aromatic rings. The number of carbonyl (C=O) groups is 1. The highest BCUT2D eigenvalue weighted by Gasteiger charge is 2.27. The maximum absolute atomic E-state index is 12.6. The van der Waals surface area contributed by atoms with Crippen LogP contribution in [0.1, 0.15) is 27.4 Å². The Balaban J connectivity index is 1.63. The number of benzene rings is 1. The van der Waals surface area contributed by atoms with Crippen LogP contribution in [0.3, 0.4) is 0 Å². The van der Waals surface area contributed by atoms with E-state index >= 15 is 0 Å². The van der Waals surface area contributed by atoms with Gasteiger partial charge in [-0.05, 0) is 25.5 Å². The number of nitrogens with zero attached hydrogens (tertiary/aromatic N) is 3. The van der Waals surface area contributed by atoms with Crippen LogP contribution in [0.4, 0.5) is 0 Å². The van der Waals surface area contributed by atoms with Gasteiger partial charge in [-0.3, -0.25) is 4.79 Å². The van der Waals surface area contributed by atoms with E-state index in [9.17, 15) is 13.2 Å². The second-order valence-corrected chi connectivity index (χ2v) is 7.80. The molecule has 1 aliphatic carbocycles. The molecule has 2 aromatic heterocycles. The summed E-state index contributed by atoms with van der Waals surface area (Å²) in [5.41, 5.74) is 3.20. The van der Waals surface area contributed by atoms with E-state index in [0.29, 0.717) is 28.2 Å². The Kier molecular flexibility index (Phi) is 5.59. The number of hydrogen-bond donors (Lipinski definition) is 1. The Morgan fingerprint density at radius 2 is 1.74 bits per heavy atom. The van der Waals surface area contributed by atoms with Crippen molar-refractivity contribution in [3.05, 3.63) is 83.5 Å². The molecule has 31 heavy (non-hydrogen) atoms. The molecule has 0 spiro atoms. The summed E-state index contributed by atoms with van der Waals surface area (Å²) in [5.74, 6) is 0.102. The number of amides is 1. The Morgan fingerprint density at radius 1 is 1.06 bits per heavy atom. The molecule has 8 nitrogen and oxygen atoms in total. The van der Waals surface area contributed by atoms with Gasteiger partial charge >= 0.3 is 0 Å². The van der Waals surface area contributed by atoms with Crippen LogP contribution in [-0.2, 0) is 10.3 Å². The van der Waals surface area contributed by atoms with Crippen LogP contribution in [0.5, 0.6) is 0 Å². The van der Waals surface area contributed by atoms with Gasteiger partial charge in [0.2, 0.25) is 16.1 Å². The molecule has 9 heteroatoms. The van der Waals surface area contributed by atoms with Crippen molar-refractivity contribution in [1.82, 2.24) is 20.4 Å². The van der Waals surface area contributed by atoms with Crippen LogP contribution in [-0.4, -0.2) is 40.4 Å². The maximum Gasteiger partial charge on any atom is 0.290 e. The predicted octanol–water partition coefficient (Wildman–Crippen LogP) is 2.55. The molecule has 156 valence electrons. The summed E-state index contributed by atoms with van der Waals surface area (Å²) < 4.78 is 29.3. The second-order valence-electron chi connectivity index (χ2n) is 6.89. The Hall–Kier alpha value is -3.85. The quantitative estimate of drug-likeness (QED) is 0.628. The van der Waals surface area contributed by atoms with Crippen LogP contribution in [0.15, 0.2) is 65.5 Å². The second kappa shape index (κ2) is 8.49. The van der Waals surface area contributed by atoms with Gasteiger partial charge in [-0.2, -0.15) is 8.42 Å². The van der Waals surface area contributed by atoms with Gasteiger partial charge in [0.25, 0.3) is 5.91 Å². The first-order chi connectivity index (χ1) is 15.0. The minimum Gasteiger partial charge on any atom is -0.350 e. The predicted molar refractivity (Wildman–Crippen MR) is 116 cm³/mol. The van der Waals surface area contributed by atoms with Crippen molar-refractivity contribution in [2.75, 3.05) is 0 Å². The van der Waals surface area contributed by atoms with Crippen molar-refractivity contribution in [1.29, 1.82) is 0 Å². The zero-order valence-electron chi connectivity index (χ0n) is 16.7. The summed E-state index contributed by atoms with van der Waals surface area (Å²) in [6, 6.07) is 8.14. The van der Waals surface area contributed by atoms with Crippen molar-refractivity contribution in [3.63, 3.8) is 0 Å². The number of rotatable bonds is 4. The smallest absolute Gasteiger partial charge is 0.290 e. The Labute approximate surface area is 179 Å². The molecule has 1 amide bonds. The third-order valence-corrected chi connectivity index (χ3v) is 5.80. The third kappa shape index (κ3) is 4.08. The van der Waals surface area contributed by atoms with Gasteiger partial charge in [-0.25, -0.2) is 9.97 Å². The van der Waals surface area contributed by atoms with E-state index in [2.05, 4.69) is 20.4 Å². The Bertz CT molecular complexity index is 1330. The van der Waals surface area contributed by atoms with E-state index in [0.717, 1.165) is 5.56 Å². The normalized spacial score (nSPS) is 15.5. The van der Waals surface area contributed by atoms with E-state index < -0.39 is 22.2 Å². The zero-order valence-corrected chi connectivity index (χ0v) is 17.6. The molecule has 2 heterocycles. The van der Waals surface area contributed by atoms with E-state index in [-0.39, 0.29) is 10.6 Å². The summed E-state index contributed by atoms with van der Waals surface area (Å²) in [7, 11) is -2.57. The number of hydrogen-bond acceptors (Lipinski definition) is 7. The number of nitrogens with one attached hydrogen (secondary N) is 1. The average Bonchev–Trinajstić information content (AvgIpc) is 3.12. The first-order valence-corrected chi connectivity index (χ1v) is 10.5. The van der Waals surface area contributed by atoms with Gasteiger partial charge in [-0.1, -0.05) is 47.7 Å². The first kappa shape index (κ1) is 20.4. The summed E-state index contributed by atoms with van der Waals surface area (Å²) in [6.07, 6.45) is 8.33.